The predicted molar refractivity (Wildman–Crippen MR) is 87.8 cm³/mol. The van der Waals surface area contributed by atoms with Crippen molar-refractivity contribution in [3.8, 4) is 5.75 Å². The Morgan fingerprint density at radius 2 is 2.04 bits per heavy atom. The summed E-state index contributed by atoms with van der Waals surface area (Å²) in [6.45, 7) is 2.56. The maximum Gasteiger partial charge on any atom is 0.224 e. The molecule has 2 aromatic rings. The third-order valence-electron chi connectivity index (χ3n) is 4.17. The van der Waals surface area contributed by atoms with Crippen LogP contribution in [0.5, 0.6) is 5.75 Å². The highest BCUT2D eigenvalue weighted by atomic mass is 16.7. The molecule has 1 aromatic carbocycles. The first-order chi connectivity index (χ1) is 11.2. The number of anilines is 1. The number of carbonyl (C=O) groups excluding carboxylic acids is 1. The van der Waals surface area contributed by atoms with Crippen molar-refractivity contribution in [2.24, 2.45) is 0 Å². The molecule has 0 saturated heterocycles. The molecule has 2 aliphatic heterocycles. The van der Waals surface area contributed by atoms with E-state index in [0.717, 1.165) is 22.7 Å². The number of hydrogen-bond acceptors (Lipinski definition) is 4. The Hall–Kier alpha value is -2.82. The Morgan fingerprint density at radius 3 is 2.87 bits per heavy atom. The molecule has 0 fully saturated rings. The maximum atomic E-state index is 11.9. The van der Waals surface area contributed by atoms with Gasteiger partial charge in [0.25, 0.3) is 0 Å². The van der Waals surface area contributed by atoms with Crippen molar-refractivity contribution >= 4 is 17.3 Å². The van der Waals surface area contributed by atoms with Crippen LogP contribution >= 0.6 is 0 Å². The van der Waals surface area contributed by atoms with Gasteiger partial charge in [0.15, 0.2) is 11.6 Å². The Morgan fingerprint density at radius 1 is 1.22 bits per heavy atom. The van der Waals surface area contributed by atoms with E-state index in [0.29, 0.717) is 13.0 Å². The second-order valence-corrected chi connectivity index (χ2v) is 5.80. The van der Waals surface area contributed by atoms with E-state index >= 15 is 0 Å². The average Bonchev–Trinajstić information content (AvgIpc) is 2.55. The summed E-state index contributed by atoms with van der Waals surface area (Å²) in [6, 6.07) is 13.6. The van der Waals surface area contributed by atoms with E-state index in [1.165, 1.54) is 5.57 Å². The molecule has 1 atom stereocenters. The number of nitrogens with zero attached hydrogens (tertiary/aromatic N) is 2. The van der Waals surface area contributed by atoms with Crippen LogP contribution in [-0.4, -0.2) is 23.5 Å². The summed E-state index contributed by atoms with van der Waals surface area (Å²) in [5.74, 6) is 1.60. The molecular weight excluding hydrogens is 290 g/mol. The van der Waals surface area contributed by atoms with Gasteiger partial charge in [-0.3, -0.25) is 4.79 Å². The number of hydrogen-bond donors (Lipinski definition) is 1. The van der Waals surface area contributed by atoms with Crippen LogP contribution in [0.15, 0.2) is 54.2 Å². The lowest BCUT2D eigenvalue weighted by atomic mass is 9.87. The van der Waals surface area contributed by atoms with Crippen molar-refractivity contribution in [1.29, 1.82) is 0 Å². The van der Waals surface area contributed by atoms with Crippen LogP contribution in [0, 0.1) is 0 Å². The number of para-hydroxylation sites is 1. The van der Waals surface area contributed by atoms with Gasteiger partial charge >= 0.3 is 0 Å². The molecule has 0 radical (unpaired) electrons. The highest BCUT2D eigenvalue weighted by molar-refractivity contribution is 5.93. The van der Waals surface area contributed by atoms with E-state index in [9.17, 15) is 4.79 Å². The van der Waals surface area contributed by atoms with Crippen LogP contribution in [0.4, 0.5) is 5.82 Å². The van der Waals surface area contributed by atoms with Crippen LogP contribution in [0.25, 0.3) is 5.57 Å². The maximum absolute atomic E-state index is 11.9. The number of fused-ring (bicyclic) bond motifs is 2. The second-order valence-electron chi connectivity index (χ2n) is 5.80. The third kappa shape index (κ3) is 2.44. The third-order valence-corrected chi connectivity index (χ3v) is 4.17. The van der Waals surface area contributed by atoms with E-state index in [4.69, 9.17) is 4.84 Å². The molecule has 5 nitrogen and oxygen atoms in total. The molecule has 5 heteroatoms. The van der Waals surface area contributed by atoms with Crippen molar-refractivity contribution in [3.63, 3.8) is 0 Å². The molecule has 0 saturated carbocycles. The van der Waals surface area contributed by atoms with Gasteiger partial charge in [-0.05, 0) is 42.3 Å². The fraction of sp³-hybridized carbons (Fsp3) is 0.222. The number of hydroxylamine groups is 1. The molecule has 0 spiro atoms. The normalized spacial score (nSPS) is 19.8. The summed E-state index contributed by atoms with van der Waals surface area (Å²) in [7, 11) is 0. The number of aromatic nitrogens is 1. The van der Waals surface area contributed by atoms with E-state index < -0.39 is 0 Å². The molecule has 2 aliphatic rings. The van der Waals surface area contributed by atoms with Crippen molar-refractivity contribution in [1.82, 2.24) is 10.3 Å². The second kappa shape index (κ2) is 5.43. The quantitative estimate of drug-likeness (QED) is 0.926. The van der Waals surface area contributed by atoms with E-state index in [2.05, 4.69) is 10.3 Å². The minimum absolute atomic E-state index is 0.00641. The number of carbonyl (C=O) groups is 1. The molecule has 1 unspecified atom stereocenters. The number of pyridine rings is 1. The standard InChI is InChI=1S/C18H17N3O2/c1-12-17-13(10-16(22)20-12)11-21(18-15(17)8-5-9-19-18)23-14-6-3-2-4-7-14/h2-9,12H,10-11H2,1H3,(H,20,22). The first-order valence-corrected chi connectivity index (χ1v) is 7.69. The summed E-state index contributed by atoms with van der Waals surface area (Å²) in [5, 5.41) is 4.77. The Balaban J connectivity index is 1.76. The van der Waals surface area contributed by atoms with Gasteiger partial charge in [0, 0.05) is 11.8 Å². The van der Waals surface area contributed by atoms with E-state index in [-0.39, 0.29) is 11.9 Å². The van der Waals surface area contributed by atoms with Gasteiger partial charge in [0.05, 0.1) is 19.0 Å². The summed E-state index contributed by atoms with van der Waals surface area (Å²) in [6.07, 6.45) is 2.17. The minimum Gasteiger partial charge on any atom is -0.378 e. The lowest BCUT2D eigenvalue weighted by Gasteiger charge is -2.36. The van der Waals surface area contributed by atoms with Crippen molar-refractivity contribution in [2.75, 3.05) is 11.6 Å². The van der Waals surface area contributed by atoms with Gasteiger partial charge in [0.2, 0.25) is 5.91 Å². The number of benzene rings is 1. The Kier molecular flexibility index (Phi) is 3.26. The first kappa shape index (κ1) is 13.8. The fourth-order valence-electron chi connectivity index (χ4n) is 3.26. The van der Waals surface area contributed by atoms with Crippen LogP contribution in [0.1, 0.15) is 18.9 Å². The average molecular weight is 307 g/mol. The van der Waals surface area contributed by atoms with Crippen LogP contribution in [0.2, 0.25) is 0 Å². The minimum atomic E-state index is -0.00641. The van der Waals surface area contributed by atoms with Gasteiger partial charge in [-0.25, -0.2) is 4.98 Å². The summed E-state index contributed by atoms with van der Waals surface area (Å²) >= 11 is 0. The first-order valence-electron chi connectivity index (χ1n) is 7.69. The SMILES string of the molecule is CC1NC(=O)CC2=C1c1cccnc1N(Oc1ccccc1)C2. The molecule has 3 heterocycles. The van der Waals surface area contributed by atoms with Crippen molar-refractivity contribution in [3.05, 3.63) is 59.8 Å². The van der Waals surface area contributed by atoms with Crippen LogP contribution in [-0.2, 0) is 4.79 Å². The van der Waals surface area contributed by atoms with Gasteiger partial charge in [-0.1, -0.05) is 18.2 Å². The molecule has 4 rings (SSSR count). The summed E-state index contributed by atoms with van der Waals surface area (Å²) in [5.41, 5.74) is 3.29. The summed E-state index contributed by atoms with van der Waals surface area (Å²) in [4.78, 5) is 22.4. The molecule has 1 amide bonds. The van der Waals surface area contributed by atoms with Crippen molar-refractivity contribution in [2.45, 2.75) is 19.4 Å². The van der Waals surface area contributed by atoms with Gasteiger partial charge < -0.3 is 10.2 Å². The lowest BCUT2D eigenvalue weighted by Crippen LogP contribution is -2.44. The molecule has 0 bridgehead atoms. The fourth-order valence-corrected chi connectivity index (χ4v) is 3.26. The van der Waals surface area contributed by atoms with Crippen molar-refractivity contribution < 1.29 is 9.63 Å². The Bertz CT molecular complexity index is 786. The molecule has 116 valence electrons. The molecule has 1 aromatic heterocycles. The van der Waals surface area contributed by atoms with Crippen LogP contribution in [0.3, 0.4) is 0 Å². The van der Waals surface area contributed by atoms with Gasteiger partial charge in [0.1, 0.15) is 0 Å². The van der Waals surface area contributed by atoms with Gasteiger partial charge in [-0.2, -0.15) is 5.06 Å². The molecule has 23 heavy (non-hydrogen) atoms. The zero-order chi connectivity index (χ0) is 15.8. The van der Waals surface area contributed by atoms with Gasteiger partial charge in [-0.15, -0.1) is 0 Å². The zero-order valence-corrected chi connectivity index (χ0v) is 12.8. The predicted octanol–water partition coefficient (Wildman–Crippen LogP) is 2.56. The lowest BCUT2D eigenvalue weighted by molar-refractivity contribution is -0.121. The number of rotatable bonds is 2. The van der Waals surface area contributed by atoms with Crippen LogP contribution < -0.4 is 15.2 Å². The highest BCUT2D eigenvalue weighted by Gasteiger charge is 2.33. The largest absolute Gasteiger partial charge is 0.378 e. The molecule has 1 N–H and O–H groups in total. The van der Waals surface area contributed by atoms with E-state index in [1.807, 2.05) is 49.4 Å². The topological polar surface area (TPSA) is 54.5 Å². The smallest absolute Gasteiger partial charge is 0.224 e. The monoisotopic (exact) mass is 307 g/mol. The summed E-state index contributed by atoms with van der Waals surface area (Å²) < 4.78 is 0. The molecular formula is C18H17N3O2. The van der Waals surface area contributed by atoms with E-state index in [1.54, 1.807) is 11.3 Å². The highest BCUT2D eigenvalue weighted by Crippen LogP contribution is 2.38. The molecule has 0 aliphatic carbocycles. The number of amides is 1. The number of nitrogens with one attached hydrogen (secondary N) is 1. The Labute approximate surface area is 134 Å². The zero-order valence-electron chi connectivity index (χ0n) is 12.8.